The Bertz CT molecular complexity index is 1560. The van der Waals surface area contributed by atoms with Crippen LogP contribution in [0.2, 0.25) is 0 Å². The SMILES string of the molecule is Cc1csc([C@H]2CCCN2C(=O)c2cccc(C(=O)N[C@@H](Cc3ccccc3)[C@@H](O)[C@H]3C[C@@H](Oc4ccccc4)CN3)c2)n1. The van der Waals surface area contributed by atoms with Crippen LogP contribution in [0.1, 0.15) is 62.3 Å². The molecular formula is C35H38N4O4S. The standard InChI is InChI=1S/C35H38N4O4S/c1-23-22-44-34(37-23)31-16-9-17-39(31)35(42)26-13-8-12-25(19-26)33(41)38-30(18-24-10-4-2-5-11-24)32(40)29-20-28(21-36-29)43-27-14-6-3-7-15-27/h2-8,10-15,19,22,28-32,36,40H,9,16-18,20-21H2,1H3,(H,38,41)/t28-,29-,30+,31-,32+/m1/s1. The lowest BCUT2D eigenvalue weighted by molar-refractivity contribution is 0.0719. The first kappa shape index (κ1) is 30.0. The number of aliphatic hydroxyl groups is 1. The minimum Gasteiger partial charge on any atom is -0.489 e. The van der Waals surface area contributed by atoms with Crippen molar-refractivity contribution in [2.45, 2.75) is 62.9 Å². The van der Waals surface area contributed by atoms with Crippen LogP contribution in [-0.2, 0) is 6.42 Å². The maximum absolute atomic E-state index is 13.7. The number of aromatic nitrogens is 1. The number of aryl methyl sites for hydroxylation is 1. The zero-order valence-corrected chi connectivity index (χ0v) is 25.6. The predicted octanol–water partition coefficient (Wildman–Crippen LogP) is 4.94. The molecule has 3 heterocycles. The van der Waals surface area contributed by atoms with E-state index in [2.05, 4.69) is 15.6 Å². The molecule has 2 saturated heterocycles. The summed E-state index contributed by atoms with van der Waals surface area (Å²) in [6, 6.07) is 25.5. The summed E-state index contributed by atoms with van der Waals surface area (Å²) >= 11 is 1.59. The van der Waals surface area contributed by atoms with Crippen molar-refractivity contribution in [3.8, 4) is 5.75 Å². The van der Waals surface area contributed by atoms with Crippen molar-refractivity contribution < 1.29 is 19.4 Å². The monoisotopic (exact) mass is 610 g/mol. The van der Waals surface area contributed by atoms with Gasteiger partial charge in [-0.05, 0) is 62.1 Å². The van der Waals surface area contributed by atoms with Crippen molar-refractivity contribution in [2.24, 2.45) is 0 Å². The molecule has 1 aromatic heterocycles. The summed E-state index contributed by atoms with van der Waals surface area (Å²) in [6.07, 6.45) is 1.91. The fourth-order valence-electron chi connectivity index (χ4n) is 6.18. The number of carbonyl (C=O) groups excluding carboxylic acids is 2. The summed E-state index contributed by atoms with van der Waals surface area (Å²) in [5.74, 6) is 0.360. The molecule has 0 radical (unpaired) electrons. The molecule has 0 unspecified atom stereocenters. The molecule has 5 atom stereocenters. The second-order valence-electron chi connectivity index (χ2n) is 11.6. The molecular weight excluding hydrogens is 572 g/mol. The first-order valence-electron chi connectivity index (χ1n) is 15.3. The number of nitrogens with one attached hydrogen (secondary N) is 2. The molecule has 2 aliphatic heterocycles. The van der Waals surface area contributed by atoms with Gasteiger partial charge in [0.2, 0.25) is 0 Å². The van der Waals surface area contributed by atoms with Crippen LogP contribution in [-0.4, -0.2) is 64.2 Å². The van der Waals surface area contributed by atoms with Crippen molar-refractivity contribution in [3.63, 3.8) is 0 Å². The minimum atomic E-state index is -0.861. The molecule has 3 aromatic carbocycles. The largest absolute Gasteiger partial charge is 0.489 e. The highest BCUT2D eigenvalue weighted by molar-refractivity contribution is 7.09. The number of benzene rings is 3. The fourth-order valence-corrected chi connectivity index (χ4v) is 7.13. The highest BCUT2D eigenvalue weighted by atomic mass is 32.1. The number of aliphatic hydroxyl groups excluding tert-OH is 1. The van der Waals surface area contributed by atoms with Crippen LogP contribution >= 0.6 is 11.3 Å². The third-order valence-corrected chi connectivity index (χ3v) is 9.48. The molecule has 2 aliphatic rings. The molecule has 0 bridgehead atoms. The van der Waals surface area contributed by atoms with Gasteiger partial charge in [-0.3, -0.25) is 9.59 Å². The molecule has 6 rings (SSSR count). The van der Waals surface area contributed by atoms with Crippen molar-refractivity contribution in [3.05, 3.63) is 118 Å². The Morgan fingerprint density at radius 2 is 1.82 bits per heavy atom. The summed E-state index contributed by atoms with van der Waals surface area (Å²) < 4.78 is 6.12. The Morgan fingerprint density at radius 1 is 1.07 bits per heavy atom. The maximum atomic E-state index is 13.7. The Hall–Kier alpha value is -4.05. The summed E-state index contributed by atoms with van der Waals surface area (Å²) in [6.45, 7) is 3.23. The van der Waals surface area contributed by atoms with Crippen molar-refractivity contribution in [1.82, 2.24) is 20.5 Å². The lowest BCUT2D eigenvalue weighted by atomic mass is 9.94. The van der Waals surface area contributed by atoms with Gasteiger partial charge >= 0.3 is 0 Å². The summed E-state index contributed by atoms with van der Waals surface area (Å²) in [5.41, 5.74) is 2.82. The topological polar surface area (TPSA) is 104 Å². The Morgan fingerprint density at radius 3 is 2.57 bits per heavy atom. The molecule has 9 heteroatoms. The van der Waals surface area contributed by atoms with Crippen LogP contribution in [0.15, 0.2) is 90.3 Å². The number of carbonyl (C=O) groups is 2. The number of amides is 2. The molecule has 0 spiro atoms. The molecule has 0 aliphatic carbocycles. The lowest BCUT2D eigenvalue weighted by Crippen LogP contribution is -2.52. The van der Waals surface area contributed by atoms with E-state index in [9.17, 15) is 14.7 Å². The number of hydrogen-bond acceptors (Lipinski definition) is 7. The highest BCUT2D eigenvalue weighted by Crippen LogP contribution is 2.35. The second kappa shape index (κ2) is 13.7. The predicted molar refractivity (Wildman–Crippen MR) is 171 cm³/mol. The van der Waals surface area contributed by atoms with E-state index in [1.54, 1.807) is 35.6 Å². The van der Waals surface area contributed by atoms with Crippen LogP contribution in [0.4, 0.5) is 0 Å². The van der Waals surface area contributed by atoms with Gasteiger partial charge in [-0.15, -0.1) is 11.3 Å². The van der Waals surface area contributed by atoms with Gasteiger partial charge in [0.1, 0.15) is 16.9 Å². The van der Waals surface area contributed by atoms with Crippen LogP contribution in [0.3, 0.4) is 0 Å². The number of hydrogen-bond donors (Lipinski definition) is 3. The Labute approximate surface area is 262 Å². The van der Waals surface area contributed by atoms with Crippen LogP contribution < -0.4 is 15.4 Å². The first-order valence-corrected chi connectivity index (χ1v) is 16.1. The normalized spacial score (nSPS) is 21.1. The average Bonchev–Trinajstić information content (AvgIpc) is 3.82. The van der Waals surface area contributed by atoms with Gasteiger partial charge in [0.15, 0.2) is 0 Å². The number of ether oxygens (including phenoxy) is 1. The molecule has 2 fully saturated rings. The van der Waals surface area contributed by atoms with E-state index in [0.29, 0.717) is 37.1 Å². The Balaban J connectivity index is 1.16. The van der Waals surface area contributed by atoms with E-state index in [1.165, 1.54) is 0 Å². The van der Waals surface area contributed by atoms with E-state index < -0.39 is 12.1 Å². The van der Waals surface area contributed by atoms with Crippen molar-refractivity contribution in [2.75, 3.05) is 13.1 Å². The van der Waals surface area contributed by atoms with Crippen molar-refractivity contribution >= 4 is 23.2 Å². The molecule has 0 saturated carbocycles. The van der Waals surface area contributed by atoms with Gasteiger partial charge in [-0.1, -0.05) is 54.6 Å². The summed E-state index contributed by atoms with van der Waals surface area (Å²) in [5, 5.41) is 21.0. The Kier molecular flexibility index (Phi) is 9.35. The van der Waals surface area contributed by atoms with Crippen LogP contribution in [0.5, 0.6) is 5.75 Å². The zero-order valence-electron chi connectivity index (χ0n) is 24.8. The molecule has 4 aromatic rings. The van der Waals surface area contributed by atoms with E-state index in [-0.39, 0.29) is 30.0 Å². The van der Waals surface area contributed by atoms with E-state index in [0.717, 1.165) is 34.9 Å². The molecule has 8 nitrogen and oxygen atoms in total. The number of likely N-dealkylation sites (tertiary alicyclic amines) is 1. The second-order valence-corrected chi connectivity index (χ2v) is 12.5. The summed E-state index contributed by atoms with van der Waals surface area (Å²) in [4.78, 5) is 33.8. The van der Waals surface area contributed by atoms with Gasteiger partial charge < -0.3 is 25.4 Å². The lowest BCUT2D eigenvalue weighted by Gasteiger charge is -2.29. The molecule has 228 valence electrons. The van der Waals surface area contributed by atoms with Gasteiger partial charge in [-0.2, -0.15) is 0 Å². The third-order valence-electron chi connectivity index (χ3n) is 8.42. The summed E-state index contributed by atoms with van der Waals surface area (Å²) in [7, 11) is 0. The molecule has 44 heavy (non-hydrogen) atoms. The van der Waals surface area contributed by atoms with E-state index in [4.69, 9.17) is 4.74 Å². The zero-order chi connectivity index (χ0) is 30.5. The smallest absolute Gasteiger partial charge is 0.254 e. The number of nitrogens with zero attached hydrogens (tertiary/aromatic N) is 2. The van der Waals surface area contributed by atoms with Gasteiger partial charge in [-0.25, -0.2) is 4.98 Å². The molecule has 3 N–H and O–H groups in total. The van der Waals surface area contributed by atoms with Crippen molar-refractivity contribution in [1.29, 1.82) is 0 Å². The van der Waals surface area contributed by atoms with Gasteiger partial charge in [0.05, 0.1) is 18.2 Å². The maximum Gasteiger partial charge on any atom is 0.254 e. The number of thiazole rings is 1. The number of rotatable bonds is 10. The first-order chi connectivity index (χ1) is 21.4. The van der Waals surface area contributed by atoms with Gasteiger partial charge in [0.25, 0.3) is 11.8 Å². The third kappa shape index (κ3) is 7.01. The quantitative estimate of drug-likeness (QED) is 0.235. The molecule has 2 amide bonds. The fraction of sp³-hybridized carbons (Fsp3) is 0.343. The minimum absolute atomic E-state index is 0.0438. The average molecular weight is 611 g/mol. The van der Waals surface area contributed by atoms with E-state index in [1.807, 2.05) is 77.9 Å². The van der Waals surface area contributed by atoms with Gasteiger partial charge in [0, 0.05) is 47.8 Å². The van der Waals surface area contributed by atoms with E-state index >= 15 is 0 Å². The van der Waals surface area contributed by atoms with Crippen LogP contribution in [0, 0.1) is 6.92 Å². The highest BCUT2D eigenvalue weighted by Gasteiger charge is 2.36. The number of para-hydroxylation sites is 1. The van der Waals surface area contributed by atoms with Crippen LogP contribution in [0.25, 0.3) is 0 Å².